The molecule has 0 bridgehead atoms. The summed E-state index contributed by atoms with van der Waals surface area (Å²) in [5, 5.41) is 0. The largest absolute Gasteiger partial charge is 0.103 e. The topological polar surface area (TPSA) is 0 Å². The van der Waals surface area contributed by atoms with Crippen LogP contribution in [0.5, 0.6) is 0 Å². The molecule has 102 valence electrons. The Morgan fingerprint density at radius 2 is 1.25 bits per heavy atom. The van der Waals surface area contributed by atoms with Crippen LogP contribution in [0.1, 0.15) is 81.6 Å². The van der Waals surface area contributed by atoms with Crippen molar-refractivity contribution >= 4 is 0 Å². The minimum absolute atomic E-state index is 0.752. The van der Waals surface area contributed by atoms with Crippen LogP contribution in [0.3, 0.4) is 0 Å². The summed E-state index contributed by atoms with van der Waals surface area (Å²) in [5.41, 5.74) is 0. The molecule has 0 saturated heterocycles. The van der Waals surface area contributed by atoms with Crippen LogP contribution in [-0.2, 0) is 0 Å². The zero-order valence-corrected chi connectivity index (χ0v) is 13.6. The third-order valence-corrected chi connectivity index (χ3v) is 1.97. The van der Waals surface area contributed by atoms with Crippen molar-refractivity contribution in [3.8, 4) is 0 Å². The fourth-order valence-corrected chi connectivity index (χ4v) is 1.04. The highest BCUT2D eigenvalue weighted by atomic mass is 14.1. The Bertz CT molecular complexity index is 82.0. The second kappa shape index (κ2) is 29.3. The van der Waals surface area contributed by atoms with Gasteiger partial charge in [0.2, 0.25) is 0 Å². The standard InChI is InChI=1S/C10H20.3C2H6/c1-5-10(6-2)8-7-9(3)4;3*1-2/h5,9-10H,1,6-8H2,2-4H3;3*1-2H3. The van der Waals surface area contributed by atoms with Crippen LogP contribution < -0.4 is 0 Å². The van der Waals surface area contributed by atoms with Gasteiger partial charge < -0.3 is 0 Å². The molecule has 0 N–H and O–H groups in total. The van der Waals surface area contributed by atoms with Crippen molar-refractivity contribution in [2.24, 2.45) is 11.8 Å². The van der Waals surface area contributed by atoms with E-state index in [4.69, 9.17) is 0 Å². The molecule has 0 aromatic rings. The lowest BCUT2D eigenvalue weighted by atomic mass is 9.96. The summed E-state index contributed by atoms with van der Waals surface area (Å²) >= 11 is 0. The van der Waals surface area contributed by atoms with Crippen LogP contribution in [-0.4, -0.2) is 0 Å². The molecule has 0 fully saturated rings. The lowest BCUT2D eigenvalue weighted by molar-refractivity contribution is 0.473. The maximum absolute atomic E-state index is 3.81. The molecule has 0 aliphatic heterocycles. The predicted molar refractivity (Wildman–Crippen MR) is 82.1 cm³/mol. The molecule has 0 heteroatoms. The van der Waals surface area contributed by atoms with Crippen LogP contribution in [0, 0.1) is 11.8 Å². The number of hydrogen-bond donors (Lipinski definition) is 0. The summed E-state index contributed by atoms with van der Waals surface area (Å²) < 4.78 is 0. The lowest BCUT2D eigenvalue weighted by Crippen LogP contribution is -1.96. The molecule has 1 unspecified atom stereocenters. The summed E-state index contributed by atoms with van der Waals surface area (Å²) in [4.78, 5) is 0. The molecule has 0 radical (unpaired) electrons. The molecule has 16 heavy (non-hydrogen) atoms. The zero-order chi connectivity index (χ0) is 14.0. The van der Waals surface area contributed by atoms with E-state index >= 15 is 0 Å². The molecule has 0 aliphatic rings. The van der Waals surface area contributed by atoms with Crippen LogP contribution >= 0.6 is 0 Å². The van der Waals surface area contributed by atoms with Gasteiger partial charge in [-0.3, -0.25) is 0 Å². The van der Waals surface area contributed by atoms with Crippen molar-refractivity contribution < 1.29 is 0 Å². The Kier molecular flexibility index (Phi) is 45.5. The van der Waals surface area contributed by atoms with Crippen LogP contribution in [0.2, 0.25) is 0 Å². The van der Waals surface area contributed by atoms with Crippen molar-refractivity contribution in [1.29, 1.82) is 0 Å². The fraction of sp³-hybridized carbons (Fsp3) is 0.875. The van der Waals surface area contributed by atoms with Gasteiger partial charge in [0, 0.05) is 0 Å². The monoisotopic (exact) mass is 230 g/mol. The van der Waals surface area contributed by atoms with Crippen LogP contribution in [0.25, 0.3) is 0 Å². The molecule has 0 aromatic heterocycles. The van der Waals surface area contributed by atoms with E-state index in [1.54, 1.807) is 0 Å². The second-order valence-electron chi connectivity index (χ2n) is 3.38. The molecule has 0 heterocycles. The molecule has 0 rings (SSSR count). The number of rotatable bonds is 5. The summed E-state index contributed by atoms with van der Waals surface area (Å²) in [5.74, 6) is 1.59. The SMILES string of the molecule is C=CC(CC)CCC(C)C.CC.CC.CC. The number of allylic oxidation sites excluding steroid dienone is 1. The minimum Gasteiger partial charge on any atom is -0.103 e. The van der Waals surface area contributed by atoms with E-state index in [9.17, 15) is 0 Å². The van der Waals surface area contributed by atoms with E-state index < -0.39 is 0 Å². The van der Waals surface area contributed by atoms with E-state index in [-0.39, 0.29) is 0 Å². The van der Waals surface area contributed by atoms with Crippen LogP contribution in [0.4, 0.5) is 0 Å². The molecular weight excluding hydrogens is 192 g/mol. The fourth-order valence-electron chi connectivity index (χ4n) is 1.04. The first-order valence-corrected chi connectivity index (χ1v) is 7.33. The highest BCUT2D eigenvalue weighted by Crippen LogP contribution is 2.15. The normalized spacial score (nSPS) is 9.62. The van der Waals surface area contributed by atoms with Gasteiger partial charge >= 0.3 is 0 Å². The summed E-state index contributed by atoms with van der Waals surface area (Å²) in [6.07, 6.45) is 5.99. The third-order valence-electron chi connectivity index (χ3n) is 1.97. The molecule has 0 saturated carbocycles. The highest BCUT2D eigenvalue weighted by Gasteiger charge is 2.01. The first kappa shape index (κ1) is 24.8. The van der Waals surface area contributed by atoms with Crippen LogP contribution in [0.15, 0.2) is 12.7 Å². The Hall–Kier alpha value is -0.260. The first-order chi connectivity index (χ1) is 7.70. The average molecular weight is 230 g/mol. The maximum Gasteiger partial charge on any atom is -0.0239 e. The summed E-state index contributed by atoms with van der Waals surface area (Å²) in [7, 11) is 0. The zero-order valence-electron chi connectivity index (χ0n) is 13.6. The Morgan fingerprint density at radius 1 is 0.875 bits per heavy atom. The van der Waals surface area contributed by atoms with Gasteiger partial charge in [-0.2, -0.15) is 0 Å². The van der Waals surface area contributed by atoms with Crippen molar-refractivity contribution in [3.63, 3.8) is 0 Å². The maximum atomic E-state index is 3.81. The predicted octanol–water partition coefficient (Wildman–Crippen LogP) is 6.71. The van der Waals surface area contributed by atoms with E-state index in [0.29, 0.717) is 0 Å². The lowest BCUT2D eigenvalue weighted by Gasteiger charge is -2.10. The second-order valence-corrected chi connectivity index (χ2v) is 3.38. The Morgan fingerprint density at radius 3 is 1.44 bits per heavy atom. The van der Waals surface area contributed by atoms with E-state index in [1.165, 1.54) is 19.3 Å². The summed E-state index contributed by atoms with van der Waals surface area (Å²) in [6.45, 7) is 22.6. The van der Waals surface area contributed by atoms with Crippen molar-refractivity contribution in [2.75, 3.05) is 0 Å². The minimum atomic E-state index is 0.752. The van der Waals surface area contributed by atoms with Crippen molar-refractivity contribution in [1.82, 2.24) is 0 Å². The van der Waals surface area contributed by atoms with Gasteiger partial charge in [-0.05, 0) is 24.7 Å². The molecule has 0 aliphatic carbocycles. The quantitative estimate of drug-likeness (QED) is 0.460. The molecule has 0 amide bonds. The van der Waals surface area contributed by atoms with Crippen molar-refractivity contribution in [3.05, 3.63) is 12.7 Å². The third kappa shape index (κ3) is 29.2. The van der Waals surface area contributed by atoms with E-state index in [2.05, 4.69) is 33.4 Å². The molecule has 1 atom stereocenters. The van der Waals surface area contributed by atoms with Gasteiger partial charge in [-0.15, -0.1) is 6.58 Å². The average Bonchev–Trinajstić information content (AvgIpc) is 2.37. The highest BCUT2D eigenvalue weighted by molar-refractivity contribution is 4.77. The molecular formula is C16H38. The number of hydrogen-bond acceptors (Lipinski definition) is 0. The van der Waals surface area contributed by atoms with Gasteiger partial charge in [-0.25, -0.2) is 0 Å². The van der Waals surface area contributed by atoms with Gasteiger partial charge in [0.15, 0.2) is 0 Å². The Balaban J connectivity index is -0.000000103. The van der Waals surface area contributed by atoms with Gasteiger partial charge in [-0.1, -0.05) is 74.8 Å². The van der Waals surface area contributed by atoms with Crippen molar-refractivity contribution in [2.45, 2.75) is 81.6 Å². The summed E-state index contributed by atoms with van der Waals surface area (Å²) in [6, 6.07) is 0. The van der Waals surface area contributed by atoms with E-state index in [0.717, 1.165) is 11.8 Å². The first-order valence-electron chi connectivity index (χ1n) is 7.33. The smallest absolute Gasteiger partial charge is 0.0239 e. The van der Waals surface area contributed by atoms with E-state index in [1.807, 2.05) is 41.5 Å². The molecule has 0 aromatic carbocycles. The Labute approximate surface area is 107 Å². The van der Waals surface area contributed by atoms with Gasteiger partial charge in [0.1, 0.15) is 0 Å². The molecule has 0 nitrogen and oxygen atoms in total. The van der Waals surface area contributed by atoms with Gasteiger partial charge in [0.25, 0.3) is 0 Å². The molecule has 0 spiro atoms. The van der Waals surface area contributed by atoms with Gasteiger partial charge in [0.05, 0.1) is 0 Å².